The van der Waals surface area contributed by atoms with Crippen molar-refractivity contribution in [3.8, 4) is 28.7 Å². The van der Waals surface area contributed by atoms with Gasteiger partial charge in [-0.2, -0.15) is 0 Å². The minimum absolute atomic E-state index is 0.0298. The average molecular weight is 769 g/mol. The zero-order valence-electron chi connectivity index (χ0n) is 36.1. The van der Waals surface area contributed by atoms with Gasteiger partial charge in [0.2, 0.25) is 0 Å². The highest BCUT2D eigenvalue weighted by Crippen LogP contribution is 2.72. The number of methoxy groups -OCH3 is 3. The van der Waals surface area contributed by atoms with Gasteiger partial charge in [-0.15, -0.1) is 0 Å². The summed E-state index contributed by atoms with van der Waals surface area (Å²) >= 11 is 0. The van der Waals surface area contributed by atoms with Crippen molar-refractivity contribution in [2.24, 2.45) is 39.4 Å². The second-order valence-electron chi connectivity index (χ2n) is 19.4. The van der Waals surface area contributed by atoms with Crippen LogP contribution in [0.25, 0.3) is 11.6 Å². The maximum atomic E-state index is 11.0. The molecular formula is C49H68O7. The van der Waals surface area contributed by atoms with Gasteiger partial charge in [0.15, 0.2) is 18.1 Å². The van der Waals surface area contributed by atoms with Gasteiger partial charge in [0, 0.05) is 28.8 Å². The van der Waals surface area contributed by atoms with E-state index in [1.165, 1.54) is 63.4 Å². The van der Waals surface area contributed by atoms with E-state index in [0.29, 0.717) is 62.0 Å². The van der Waals surface area contributed by atoms with Gasteiger partial charge in [-0.25, -0.2) is 0 Å². The number of hydrogen-bond donors (Lipinski definition) is 2. The molecule has 2 aromatic rings. The third-order valence-corrected chi connectivity index (χ3v) is 16.1. The van der Waals surface area contributed by atoms with Crippen LogP contribution in [0.1, 0.15) is 131 Å². The summed E-state index contributed by atoms with van der Waals surface area (Å²) in [4.78, 5) is 0. The first-order valence-corrected chi connectivity index (χ1v) is 21.2. The van der Waals surface area contributed by atoms with Crippen LogP contribution in [0.3, 0.4) is 0 Å². The Balaban J connectivity index is 0.000000175. The van der Waals surface area contributed by atoms with Gasteiger partial charge in [0.25, 0.3) is 5.79 Å². The van der Waals surface area contributed by atoms with Crippen LogP contribution in [0.15, 0.2) is 53.1 Å². The van der Waals surface area contributed by atoms with Crippen LogP contribution in [0, 0.1) is 39.4 Å². The molecule has 7 nitrogen and oxygen atoms in total. The molecule has 8 rings (SSSR count). The van der Waals surface area contributed by atoms with Gasteiger partial charge < -0.3 is 33.9 Å². The molecule has 0 spiro atoms. The summed E-state index contributed by atoms with van der Waals surface area (Å²) in [6.07, 6.45) is 17.1. The summed E-state index contributed by atoms with van der Waals surface area (Å²) in [5.74, 6) is 3.66. The highest BCUT2D eigenvalue weighted by Gasteiger charge is 2.63. The van der Waals surface area contributed by atoms with E-state index in [-0.39, 0.29) is 18.1 Å². The van der Waals surface area contributed by atoms with Gasteiger partial charge in [-0.1, -0.05) is 64.3 Å². The second kappa shape index (κ2) is 14.8. The first-order chi connectivity index (χ1) is 26.5. The number of hydrogen-bond acceptors (Lipinski definition) is 7. The first-order valence-electron chi connectivity index (χ1n) is 21.2. The summed E-state index contributed by atoms with van der Waals surface area (Å²) < 4.78 is 27.5. The van der Waals surface area contributed by atoms with E-state index < -0.39 is 5.79 Å². The second-order valence-corrected chi connectivity index (χ2v) is 19.4. The molecule has 7 heteroatoms. The molecule has 8 unspecified atom stereocenters. The summed E-state index contributed by atoms with van der Waals surface area (Å²) in [6, 6.07) is 9.00. The Bertz CT molecular complexity index is 1920. The number of aliphatic hydroxyl groups is 2. The van der Waals surface area contributed by atoms with Crippen molar-refractivity contribution in [2.75, 3.05) is 27.9 Å². The van der Waals surface area contributed by atoms with Crippen LogP contribution in [-0.2, 0) is 0 Å². The van der Waals surface area contributed by atoms with Crippen LogP contribution in [0.5, 0.6) is 28.7 Å². The van der Waals surface area contributed by atoms with Crippen molar-refractivity contribution in [1.29, 1.82) is 0 Å². The molecule has 56 heavy (non-hydrogen) atoms. The van der Waals surface area contributed by atoms with Gasteiger partial charge >= 0.3 is 0 Å². The molecule has 2 aliphatic heterocycles. The fraction of sp³-hybridized carbons (Fsp3) is 0.633. The minimum Gasteiger partial charge on any atom is -0.497 e. The van der Waals surface area contributed by atoms with Crippen LogP contribution >= 0.6 is 0 Å². The summed E-state index contributed by atoms with van der Waals surface area (Å²) in [6.45, 7) is 19.6. The summed E-state index contributed by atoms with van der Waals surface area (Å²) in [5, 5.41) is 21.8. The van der Waals surface area contributed by atoms with Crippen molar-refractivity contribution in [1.82, 2.24) is 0 Å². The Labute approximate surface area is 336 Å². The zero-order valence-corrected chi connectivity index (χ0v) is 36.1. The molecule has 2 heterocycles. The van der Waals surface area contributed by atoms with Crippen LogP contribution in [0.2, 0.25) is 0 Å². The molecule has 0 aromatic heterocycles. The fourth-order valence-electron chi connectivity index (χ4n) is 12.6. The molecular weight excluding hydrogens is 701 g/mol. The average Bonchev–Trinajstić information content (AvgIpc) is 3.45. The summed E-state index contributed by atoms with van der Waals surface area (Å²) in [5.41, 5.74) is 8.58. The Hall–Kier alpha value is -3.42. The lowest BCUT2D eigenvalue weighted by Crippen LogP contribution is -2.55. The Morgan fingerprint density at radius 3 is 2.30 bits per heavy atom. The molecule has 6 aliphatic rings. The molecule has 4 aliphatic carbocycles. The number of rotatable bonds is 7. The van der Waals surface area contributed by atoms with E-state index in [2.05, 4.69) is 61.5 Å². The zero-order chi connectivity index (χ0) is 40.4. The molecule has 0 amide bonds. The van der Waals surface area contributed by atoms with Gasteiger partial charge in [0.05, 0.1) is 27.4 Å². The number of aliphatic hydroxyl groups excluding tert-OH is 1. The Kier molecular flexibility index (Phi) is 10.7. The van der Waals surface area contributed by atoms with Crippen LogP contribution in [-0.4, -0.2) is 50.0 Å². The predicted molar refractivity (Wildman–Crippen MR) is 224 cm³/mol. The van der Waals surface area contributed by atoms with Gasteiger partial charge in [-0.3, -0.25) is 0 Å². The van der Waals surface area contributed by atoms with Crippen LogP contribution < -0.4 is 23.7 Å². The highest BCUT2D eigenvalue weighted by atomic mass is 16.7. The first kappa shape index (κ1) is 40.8. The van der Waals surface area contributed by atoms with E-state index >= 15 is 0 Å². The van der Waals surface area contributed by atoms with Crippen molar-refractivity contribution < 1.29 is 33.9 Å². The normalized spacial score (nSPS) is 33.8. The quantitative estimate of drug-likeness (QED) is 0.271. The molecule has 306 valence electrons. The molecule has 2 saturated carbocycles. The van der Waals surface area contributed by atoms with E-state index in [9.17, 15) is 10.2 Å². The van der Waals surface area contributed by atoms with Gasteiger partial charge in [0.1, 0.15) is 17.2 Å². The number of benzene rings is 2. The highest BCUT2D eigenvalue weighted by molar-refractivity contribution is 5.92. The Morgan fingerprint density at radius 1 is 0.875 bits per heavy atom. The van der Waals surface area contributed by atoms with E-state index in [4.69, 9.17) is 23.7 Å². The molecule has 0 radical (unpaired) electrons. The van der Waals surface area contributed by atoms with Crippen molar-refractivity contribution >= 4 is 11.6 Å². The smallest absolute Gasteiger partial charge is 0.270 e. The fourth-order valence-corrected chi connectivity index (χ4v) is 12.6. The summed E-state index contributed by atoms with van der Waals surface area (Å²) in [7, 11) is 4.71. The van der Waals surface area contributed by atoms with Gasteiger partial charge in [-0.05, 0) is 142 Å². The van der Waals surface area contributed by atoms with E-state index in [1.807, 2.05) is 29.4 Å². The topological polar surface area (TPSA) is 86.6 Å². The maximum absolute atomic E-state index is 11.0. The lowest BCUT2D eigenvalue weighted by atomic mass is 9.43. The molecule has 0 saturated heterocycles. The van der Waals surface area contributed by atoms with Crippen molar-refractivity contribution in [3.05, 3.63) is 64.3 Å². The standard InChI is InChI=1S/C30H50O.C19H18O6/c1-20(2)10-9-11-21(3)22-14-18-30(8)24-12-13-25-27(4,5)26(31)16-17-28(25,6)23(24)15-19-29(22,30)7;1-21-12-5-4-11-6-14-13-8-17(22-2)18(23-3)9-16(13)24-10-19(14,20)25-15(11)7-12/h10,21-22,25-26,31H,9,11-19H2,1-8H3;4-9,20H,10H2,1-3H3. The van der Waals surface area contributed by atoms with E-state index in [1.54, 1.807) is 39.5 Å². The molecule has 0 bridgehead atoms. The SMILES string of the molecule is CC(C)=CCCC(C)C1CCC2(C)C3=C(CCC12C)C1(C)CCC(O)C(C)(C)C1CC3.COc1ccc2c(c1)OC1(O)COc3cc(OC)c(OC)cc3C1=C2. The molecule has 2 N–H and O–H groups in total. The third-order valence-electron chi connectivity index (χ3n) is 16.1. The molecule has 2 aromatic carbocycles. The molecule has 2 fully saturated rings. The minimum atomic E-state index is -1.58. The third kappa shape index (κ3) is 6.47. The monoisotopic (exact) mass is 768 g/mol. The van der Waals surface area contributed by atoms with Crippen molar-refractivity contribution in [3.63, 3.8) is 0 Å². The lowest BCUT2D eigenvalue weighted by molar-refractivity contribution is -0.116. The maximum Gasteiger partial charge on any atom is 0.270 e. The molecule has 8 atom stereocenters. The lowest BCUT2D eigenvalue weighted by Gasteiger charge is -2.62. The number of fused-ring (bicyclic) bond motifs is 8. The largest absolute Gasteiger partial charge is 0.497 e. The van der Waals surface area contributed by atoms with Crippen LogP contribution in [0.4, 0.5) is 0 Å². The van der Waals surface area contributed by atoms with Crippen molar-refractivity contribution in [2.45, 2.75) is 131 Å². The van der Waals surface area contributed by atoms with E-state index in [0.717, 1.165) is 23.8 Å². The Morgan fingerprint density at radius 2 is 1.61 bits per heavy atom. The number of allylic oxidation sites excluding steroid dienone is 4. The number of ether oxygens (including phenoxy) is 5. The predicted octanol–water partition coefficient (Wildman–Crippen LogP) is 11.2.